The lowest BCUT2D eigenvalue weighted by Crippen LogP contribution is -2.37. The number of methoxy groups -OCH3 is 1. The highest BCUT2D eigenvalue weighted by atomic mass is 16.7. The van der Waals surface area contributed by atoms with Gasteiger partial charge in [-0.15, -0.1) is 0 Å². The summed E-state index contributed by atoms with van der Waals surface area (Å²) < 4.78 is 10.9. The quantitative estimate of drug-likeness (QED) is 0.532. The maximum atomic E-state index is 13.7. The van der Waals surface area contributed by atoms with Gasteiger partial charge in [-0.25, -0.2) is 9.96 Å². The molecule has 3 aromatic rings. The number of fused-ring (bicyclic) bond motifs is 1. The van der Waals surface area contributed by atoms with E-state index in [2.05, 4.69) is 0 Å². The van der Waals surface area contributed by atoms with E-state index in [9.17, 15) is 9.59 Å². The van der Waals surface area contributed by atoms with Crippen LogP contribution in [0.2, 0.25) is 0 Å². The maximum absolute atomic E-state index is 13.7. The highest BCUT2D eigenvalue weighted by Crippen LogP contribution is 2.48. The summed E-state index contributed by atoms with van der Waals surface area (Å²) >= 11 is 0. The van der Waals surface area contributed by atoms with Crippen molar-refractivity contribution in [2.75, 3.05) is 23.7 Å². The molecule has 0 unspecified atom stereocenters. The molecule has 168 valence electrons. The van der Waals surface area contributed by atoms with Crippen LogP contribution >= 0.6 is 0 Å². The van der Waals surface area contributed by atoms with Crippen LogP contribution in [0, 0.1) is 5.92 Å². The van der Waals surface area contributed by atoms with Crippen molar-refractivity contribution >= 4 is 23.2 Å². The fourth-order valence-electron chi connectivity index (χ4n) is 4.49. The zero-order valence-corrected chi connectivity index (χ0v) is 18.4. The summed E-state index contributed by atoms with van der Waals surface area (Å²) in [6.45, 7) is 2.44. The molecule has 0 spiro atoms. The topological polar surface area (TPSA) is 68.3 Å². The van der Waals surface area contributed by atoms with Gasteiger partial charge >= 0.3 is 0 Å². The molecule has 7 nitrogen and oxygen atoms in total. The van der Waals surface area contributed by atoms with Gasteiger partial charge in [0.05, 0.1) is 31.1 Å². The number of para-hydroxylation sites is 1. The Morgan fingerprint density at radius 1 is 0.848 bits per heavy atom. The van der Waals surface area contributed by atoms with Crippen LogP contribution in [0.25, 0.3) is 0 Å². The second-order valence-electron chi connectivity index (χ2n) is 7.87. The van der Waals surface area contributed by atoms with Crippen LogP contribution in [-0.2, 0) is 14.4 Å². The fraction of sp³-hybridized carbons (Fsp3) is 0.231. The monoisotopic (exact) mass is 444 g/mol. The van der Waals surface area contributed by atoms with Crippen LogP contribution in [0.4, 0.5) is 11.4 Å². The van der Waals surface area contributed by atoms with Gasteiger partial charge in [-0.05, 0) is 61.0 Å². The predicted molar refractivity (Wildman–Crippen MR) is 123 cm³/mol. The van der Waals surface area contributed by atoms with E-state index >= 15 is 0 Å². The summed E-state index contributed by atoms with van der Waals surface area (Å²) in [5.74, 6) is -0.0114. The molecule has 2 heterocycles. The molecule has 3 aromatic carbocycles. The summed E-state index contributed by atoms with van der Waals surface area (Å²) in [7, 11) is 1.60. The number of amides is 2. The number of carbonyl (C=O) groups is 2. The zero-order valence-electron chi connectivity index (χ0n) is 18.4. The molecule has 2 fully saturated rings. The Hall–Kier alpha value is -3.84. The average Bonchev–Trinajstić information content (AvgIpc) is 3.36. The van der Waals surface area contributed by atoms with Crippen molar-refractivity contribution in [3.05, 3.63) is 84.4 Å². The summed E-state index contributed by atoms with van der Waals surface area (Å²) in [6, 6.07) is 23.5. The first kappa shape index (κ1) is 21.0. The number of carbonyl (C=O) groups excluding carboxylic acids is 2. The number of anilines is 2. The van der Waals surface area contributed by atoms with Crippen molar-refractivity contribution in [2.45, 2.75) is 19.1 Å². The van der Waals surface area contributed by atoms with Gasteiger partial charge in [0.1, 0.15) is 17.4 Å². The van der Waals surface area contributed by atoms with Gasteiger partial charge < -0.3 is 9.47 Å². The molecule has 0 bridgehead atoms. The first-order valence-electron chi connectivity index (χ1n) is 10.9. The third-order valence-corrected chi connectivity index (χ3v) is 5.97. The number of ether oxygens (including phenoxy) is 2. The van der Waals surface area contributed by atoms with Gasteiger partial charge in [-0.3, -0.25) is 14.4 Å². The second kappa shape index (κ2) is 8.60. The van der Waals surface area contributed by atoms with Gasteiger partial charge in [-0.1, -0.05) is 30.3 Å². The van der Waals surface area contributed by atoms with Crippen LogP contribution in [-0.4, -0.2) is 31.6 Å². The Morgan fingerprint density at radius 3 is 2.30 bits per heavy atom. The van der Waals surface area contributed by atoms with E-state index in [0.717, 1.165) is 11.3 Å². The predicted octanol–water partition coefficient (Wildman–Crippen LogP) is 4.15. The second-order valence-corrected chi connectivity index (χ2v) is 7.87. The van der Waals surface area contributed by atoms with Gasteiger partial charge in [0.15, 0.2) is 6.10 Å². The Labute approximate surface area is 192 Å². The highest BCUT2D eigenvalue weighted by molar-refractivity contribution is 6.23. The number of hydrogen-bond acceptors (Lipinski definition) is 6. The average molecular weight is 444 g/mol. The SMILES string of the molecule is CCOc1ccc(N2C(=O)[C@H]3[C@@H](c4cccc(OC)c4)N(c4ccccc4)O[C@H]3C2=O)cc1. The number of hydrogen-bond donors (Lipinski definition) is 0. The van der Waals surface area contributed by atoms with Crippen molar-refractivity contribution < 1.29 is 23.9 Å². The van der Waals surface area contributed by atoms with Gasteiger partial charge in [-0.2, -0.15) is 0 Å². The van der Waals surface area contributed by atoms with E-state index in [1.54, 1.807) is 36.4 Å². The molecule has 0 N–H and O–H groups in total. The first-order valence-corrected chi connectivity index (χ1v) is 10.9. The lowest BCUT2D eigenvalue weighted by Gasteiger charge is -2.29. The van der Waals surface area contributed by atoms with Crippen LogP contribution in [0.3, 0.4) is 0 Å². The molecule has 0 saturated carbocycles. The lowest BCUT2D eigenvalue weighted by molar-refractivity contribution is -0.126. The molecule has 0 aromatic heterocycles. The number of imide groups is 1. The lowest BCUT2D eigenvalue weighted by atomic mass is 9.90. The summed E-state index contributed by atoms with van der Waals surface area (Å²) in [6.07, 6.45) is -0.916. The number of rotatable bonds is 6. The Bertz CT molecular complexity index is 1160. The molecule has 3 atom stereocenters. The van der Waals surface area contributed by atoms with Gasteiger partial charge in [0.25, 0.3) is 5.91 Å². The van der Waals surface area contributed by atoms with Crippen LogP contribution < -0.4 is 19.4 Å². The molecule has 7 heteroatoms. The third kappa shape index (κ3) is 3.60. The minimum atomic E-state index is -0.916. The van der Waals surface area contributed by atoms with E-state index in [0.29, 0.717) is 23.8 Å². The normalized spacial score (nSPS) is 21.9. The molecular formula is C26H24N2O5. The van der Waals surface area contributed by atoms with E-state index < -0.39 is 18.1 Å². The number of benzene rings is 3. The standard InChI is InChI=1S/C26H24N2O5/c1-3-32-20-14-12-18(13-15-20)27-25(29)22-23(17-8-7-11-21(16-17)31-2)28(33-24(22)26(27)30)19-9-5-4-6-10-19/h4-16,22-24H,3H2,1-2H3/t22-,23+,24+/m0/s1. The summed E-state index contributed by atoms with van der Waals surface area (Å²) in [5, 5.41) is 1.68. The van der Waals surface area contributed by atoms with Crippen molar-refractivity contribution in [2.24, 2.45) is 5.92 Å². The largest absolute Gasteiger partial charge is 0.497 e. The molecule has 0 aliphatic carbocycles. The van der Waals surface area contributed by atoms with Crippen LogP contribution in [0.5, 0.6) is 11.5 Å². The molecule has 2 aliphatic rings. The van der Waals surface area contributed by atoms with Crippen molar-refractivity contribution in [3.8, 4) is 11.5 Å². The fourth-order valence-corrected chi connectivity index (χ4v) is 4.49. The van der Waals surface area contributed by atoms with E-state index in [1.807, 2.05) is 61.5 Å². The summed E-state index contributed by atoms with van der Waals surface area (Å²) in [4.78, 5) is 34.4. The van der Waals surface area contributed by atoms with Crippen molar-refractivity contribution in [1.82, 2.24) is 0 Å². The first-order chi connectivity index (χ1) is 16.1. The number of nitrogens with zero attached hydrogens (tertiary/aromatic N) is 2. The third-order valence-electron chi connectivity index (χ3n) is 5.97. The Balaban J connectivity index is 1.54. The highest BCUT2D eigenvalue weighted by Gasteiger charge is 2.60. The molecule has 5 rings (SSSR count). The molecule has 33 heavy (non-hydrogen) atoms. The minimum absolute atomic E-state index is 0.291. The van der Waals surface area contributed by atoms with E-state index in [1.165, 1.54) is 4.90 Å². The molecule has 2 amide bonds. The van der Waals surface area contributed by atoms with Gasteiger partial charge in [0, 0.05) is 0 Å². The zero-order chi connectivity index (χ0) is 22.9. The van der Waals surface area contributed by atoms with E-state index in [-0.39, 0.29) is 11.8 Å². The van der Waals surface area contributed by atoms with E-state index in [4.69, 9.17) is 14.3 Å². The van der Waals surface area contributed by atoms with Crippen molar-refractivity contribution in [3.63, 3.8) is 0 Å². The molecule has 2 saturated heterocycles. The minimum Gasteiger partial charge on any atom is -0.497 e. The summed E-state index contributed by atoms with van der Waals surface area (Å²) in [5.41, 5.74) is 2.11. The van der Waals surface area contributed by atoms with Crippen molar-refractivity contribution in [1.29, 1.82) is 0 Å². The number of hydroxylamine groups is 1. The Morgan fingerprint density at radius 2 is 1.61 bits per heavy atom. The van der Waals surface area contributed by atoms with Gasteiger partial charge in [0.2, 0.25) is 5.91 Å². The smallest absolute Gasteiger partial charge is 0.266 e. The van der Waals surface area contributed by atoms with Crippen LogP contribution in [0.1, 0.15) is 18.5 Å². The molecule has 2 aliphatic heterocycles. The molecule has 0 radical (unpaired) electrons. The maximum Gasteiger partial charge on any atom is 0.266 e. The molecular weight excluding hydrogens is 420 g/mol. The van der Waals surface area contributed by atoms with Crippen LogP contribution in [0.15, 0.2) is 78.9 Å². The Kier molecular flexibility index (Phi) is 5.48.